The summed E-state index contributed by atoms with van der Waals surface area (Å²) in [5, 5.41) is 23.3. The number of carbonyl (C=O) groups excluding carboxylic acids is 2. The molecule has 1 aromatic carbocycles. The molecule has 6 heteroatoms. The van der Waals surface area contributed by atoms with E-state index in [-0.39, 0.29) is 23.3 Å². The molecule has 2 heterocycles. The Balaban J connectivity index is 2.00. The van der Waals surface area contributed by atoms with Crippen LogP contribution in [-0.2, 0) is 22.3 Å². The molecule has 6 nitrogen and oxygen atoms in total. The second-order valence-electron chi connectivity index (χ2n) is 7.18. The third kappa shape index (κ3) is 3.48. The van der Waals surface area contributed by atoms with Crippen LogP contribution in [0.4, 0.5) is 0 Å². The summed E-state index contributed by atoms with van der Waals surface area (Å²) < 4.78 is 11.2. The molecule has 2 saturated heterocycles. The minimum absolute atomic E-state index is 0.0303. The molecule has 1 aromatic rings. The maximum Gasteiger partial charge on any atom is 0.0718 e. The Morgan fingerprint density at radius 2 is 1.27 bits per heavy atom. The number of carboxylic acid groups (broad SMARTS) is 2. The number of hydrogen-bond acceptors (Lipinski definition) is 6. The fourth-order valence-electron chi connectivity index (χ4n) is 3.89. The van der Waals surface area contributed by atoms with E-state index in [0.717, 1.165) is 12.8 Å². The fourth-order valence-corrected chi connectivity index (χ4v) is 3.89. The summed E-state index contributed by atoms with van der Waals surface area (Å²) in [6.45, 7) is 5.43. The Morgan fingerprint density at radius 3 is 1.50 bits per heavy atom. The molecular weight excluding hydrogens is 336 g/mol. The van der Waals surface area contributed by atoms with Gasteiger partial charge in [-0.25, -0.2) is 0 Å². The van der Waals surface area contributed by atoms with Crippen LogP contribution in [0.5, 0.6) is 0 Å². The summed E-state index contributed by atoms with van der Waals surface area (Å²) in [6.07, 6.45) is 2.40. The lowest BCUT2D eigenvalue weighted by Gasteiger charge is -2.39. The third-order valence-corrected chi connectivity index (χ3v) is 5.83. The number of carbonyl (C=O) groups is 2. The van der Waals surface area contributed by atoms with Crippen molar-refractivity contribution in [3.8, 4) is 0 Å². The molecule has 4 atom stereocenters. The first-order valence-electron chi connectivity index (χ1n) is 9.26. The molecular formula is C20H24O6-2. The molecule has 3 rings (SSSR count). The number of rotatable bonds is 8. The minimum atomic E-state index is -1.31. The number of aromatic carboxylic acids is 2. The largest absolute Gasteiger partial charge is 0.545 e. The van der Waals surface area contributed by atoms with Gasteiger partial charge in [0.2, 0.25) is 0 Å². The van der Waals surface area contributed by atoms with Crippen molar-refractivity contribution in [2.24, 2.45) is 11.8 Å². The second kappa shape index (κ2) is 7.76. The maximum absolute atomic E-state index is 11.6. The highest BCUT2D eigenvalue weighted by atomic mass is 16.5. The van der Waals surface area contributed by atoms with Crippen LogP contribution in [0, 0.1) is 11.8 Å². The SMILES string of the molecule is CCC1COC1Cc1c(C(=O)[O-])ccc(C(=O)[O-])c1CC1OCC1CC. The van der Waals surface area contributed by atoms with Gasteiger partial charge in [0.05, 0.1) is 37.4 Å². The van der Waals surface area contributed by atoms with Crippen LogP contribution in [-0.4, -0.2) is 37.4 Å². The zero-order chi connectivity index (χ0) is 18.8. The lowest BCUT2D eigenvalue weighted by molar-refractivity contribution is -0.256. The lowest BCUT2D eigenvalue weighted by Crippen LogP contribution is -2.43. The van der Waals surface area contributed by atoms with Crippen LogP contribution < -0.4 is 10.2 Å². The molecule has 0 bridgehead atoms. The van der Waals surface area contributed by atoms with Crippen molar-refractivity contribution in [1.29, 1.82) is 0 Å². The van der Waals surface area contributed by atoms with Gasteiger partial charge in [-0.05, 0) is 36.8 Å². The van der Waals surface area contributed by atoms with E-state index in [0.29, 0.717) is 49.0 Å². The van der Waals surface area contributed by atoms with Crippen LogP contribution >= 0.6 is 0 Å². The van der Waals surface area contributed by atoms with E-state index in [4.69, 9.17) is 9.47 Å². The quantitative estimate of drug-likeness (QED) is 0.663. The van der Waals surface area contributed by atoms with Crippen molar-refractivity contribution < 1.29 is 29.3 Å². The molecule has 26 heavy (non-hydrogen) atoms. The molecule has 2 fully saturated rings. The van der Waals surface area contributed by atoms with Crippen LogP contribution in [0.1, 0.15) is 58.5 Å². The van der Waals surface area contributed by atoms with Crippen LogP contribution in [0.3, 0.4) is 0 Å². The van der Waals surface area contributed by atoms with E-state index in [2.05, 4.69) is 13.8 Å². The van der Waals surface area contributed by atoms with Crippen molar-refractivity contribution in [1.82, 2.24) is 0 Å². The molecule has 0 radical (unpaired) electrons. The van der Waals surface area contributed by atoms with Gasteiger partial charge in [0, 0.05) is 23.0 Å². The summed E-state index contributed by atoms with van der Waals surface area (Å²) >= 11 is 0. The molecule has 0 aliphatic carbocycles. The summed E-state index contributed by atoms with van der Waals surface area (Å²) in [5.41, 5.74) is 1.03. The smallest absolute Gasteiger partial charge is 0.0718 e. The summed E-state index contributed by atoms with van der Waals surface area (Å²) in [4.78, 5) is 23.3. The van der Waals surface area contributed by atoms with Crippen molar-refractivity contribution in [2.45, 2.75) is 51.7 Å². The predicted molar refractivity (Wildman–Crippen MR) is 89.6 cm³/mol. The van der Waals surface area contributed by atoms with Gasteiger partial charge in [0.15, 0.2) is 0 Å². The minimum Gasteiger partial charge on any atom is -0.545 e. The third-order valence-electron chi connectivity index (χ3n) is 5.83. The van der Waals surface area contributed by atoms with Crippen molar-refractivity contribution in [3.63, 3.8) is 0 Å². The normalized spacial score (nSPS) is 27.5. The molecule has 0 amide bonds. The van der Waals surface area contributed by atoms with E-state index in [1.165, 1.54) is 12.1 Å². The Labute approximate surface area is 153 Å². The topological polar surface area (TPSA) is 98.7 Å². The number of benzene rings is 1. The molecule has 0 spiro atoms. The molecule has 0 aromatic heterocycles. The van der Waals surface area contributed by atoms with Crippen molar-refractivity contribution in [2.75, 3.05) is 13.2 Å². The van der Waals surface area contributed by atoms with Crippen molar-refractivity contribution >= 4 is 11.9 Å². The van der Waals surface area contributed by atoms with Crippen LogP contribution in [0.2, 0.25) is 0 Å². The number of ether oxygens (including phenoxy) is 2. The van der Waals surface area contributed by atoms with Crippen molar-refractivity contribution in [3.05, 3.63) is 34.4 Å². The Bertz CT molecular complexity index is 635. The zero-order valence-electron chi connectivity index (χ0n) is 15.2. The second-order valence-corrected chi connectivity index (χ2v) is 7.18. The van der Waals surface area contributed by atoms with E-state index in [1.807, 2.05) is 0 Å². The fraction of sp³-hybridized carbons (Fsp3) is 0.600. The van der Waals surface area contributed by atoms with Gasteiger partial charge in [-0.2, -0.15) is 0 Å². The summed E-state index contributed by atoms with van der Waals surface area (Å²) in [7, 11) is 0. The van der Waals surface area contributed by atoms with Gasteiger partial charge >= 0.3 is 0 Å². The highest BCUT2D eigenvalue weighted by molar-refractivity contribution is 5.93. The number of hydrogen-bond donors (Lipinski definition) is 0. The average molecular weight is 360 g/mol. The van der Waals surface area contributed by atoms with Gasteiger partial charge in [-0.1, -0.05) is 26.0 Å². The van der Waals surface area contributed by atoms with Gasteiger partial charge < -0.3 is 29.3 Å². The van der Waals surface area contributed by atoms with E-state index in [1.54, 1.807) is 0 Å². The Kier molecular flexibility index (Phi) is 5.63. The first-order valence-corrected chi connectivity index (χ1v) is 9.26. The molecule has 0 saturated carbocycles. The van der Waals surface area contributed by atoms with Gasteiger partial charge in [-0.15, -0.1) is 0 Å². The first-order chi connectivity index (χ1) is 12.5. The van der Waals surface area contributed by atoms with Crippen LogP contribution in [0.15, 0.2) is 12.1 Å². The molecule has 4 unspecified atom stereocenters. The molecule has 2 aliphatic heterocycles. The maximum atomic E-state index is 11.6. The van der Waals surface area contributed by atoms with E-state index < -0.39 is 11.9 Å². The highest BCUT2D eigenvalue weighted by Gasteiger charge is 2.35. The first kappa shape index (κ1) is 18.9. The summed E-state index contributed by atoms with van der Waals surface area (Å²) in [5.74, 6) is -1.90. The van der Waals surface area contributed by atoms with E-state index >= 15 is 0 Å². The molecule has 2 aliphatic rings. The predicted octanol–water partition coefficient (Wildman–Crippen LogP) is 0.349. The number of carboxylic acids is 2. The standard InChI is InChI=1S/C20H26O6/c1-3-11-9-25-17(11)7-15-13(19(21)22)5-6-14(20(23)24)16(15)8-18-12(4-2)10-26-18/h5-6,11-12,17-18H,3-4,7-10H2,1-2H3,(H,21,22)(H,23,24)/p-2. The lowest BCUT2D eigenvalue weighted by atomic mass is 9.81. The Morgan fingerprint density at radius 1 is 0.885 bits per heavy atom. The van der Waals surface area contributed by atoms with Gasteiger partial charge in [0.25, 0.3) is 0 Å². The van der Waals surface area contributed by atoms with Gasteiger partial charge in [0.1, 0.15) is 0 Å². The zero-order valence-corrected chi connectivity index (χ0v) is 15.2. The van der Waals surface area contributed by atoms with Gasteiger partial charge in [-0.3, -0.25) is 0 Å². The average Bonchev–Trinajstić information content (AvgIpc) is 2.55. The molecule has 0 N–H and O–H groups in total. The van der Waals surface area contributed by atoms with E-state index in [9.17, 15) is 19.8 Å². The monoisotopic (exact) mass is 360 g/mol. The Hall–Kier alpha value is -1.92. The van der Waals surface area contributed by atoms with Crippen LogP contribution in [0.25, 0.3) is 0 Å². The highest BCUT2D eigenvalue weighted by Crippen LogP contribution is 2.33. The molecule has 142 valence electrons. The summed E-state index contributed by atoms with van der Waals surface area (Å²) in [6, 6.07) is 2.61.